The van der Waals surface area contributed by atoms with Crippen molar-refractivity contribution in [1.29, 1.82) is 0 Å². The van der Waals surface area contributed by atoms with Gasteiger partial charge in [-0.2, -0.15) is 4.37 Å². The maximum absolute atomic E-state index is 12.4. The van der Waals surface area contributed by atoms with Crippen LogP contribution in [0.1, 0.15) is 26.2 Å². The van der Waals surface area contributed by atoms with Gasteiger partial charge in [-0.05, 0) is 37.7 Å². The number of hydrogen-bond acceptors (Lipinski definition) is 7. The highest BCUT2D eigenvalue weighted by Crippen LogP contribution is 2.41. The summed E-state index contributed by atoms with van der Waals surface area (Å²) in [6.45, 7) is 3.53. The monoisotopic (exact) mass is 317 g/mol. The lowest BCUT2D eigenvalue weighted by molar-refractivity contribution is 0.183. The van der Waals surface area contributed by atoms with E-state index in [0.717, 1.165) is 37.4 Å². The third kappa shape index (κ3) is 2.51. The van der Waals surface area contributed by atoms with Crippen LogP contribution >= 0.6 is 11.5 Å². The first-order chi connectivity index (χ1) is 9.50. The zero-order valence-corrected chi connectivity index (χ0v) is 13.0. The number of ether oxygens (including phenoxy) is 1. The number of hydrogen-bond donors (Lipinski definition) is 2. The Bertz CT molecular complexity index is 589. The molecule has 1 aliphatic carbocycles. The summed E-state index contributed by atoms with van der Waals surface area (Å²) in [5.41, 5.74) is 5.78. The fourth-order valence-corrected chi connectivity index (χ4v) is 5.45. The quantitative estimate of drug-likeness (QED) is 0.854. The number of sulfone groups is 1. The number of anilines is 2. The van der Waals surface area contributed by atoms with Crippen molar-refractivity contribution < 1.29 is 13.2 Å². The molecule has 0 aromatic carbocycles. The molecule has 20 heavy (non-hydrogen) atoms. The van der Waals surface area contributed by atoms with Gasteiger partial charge in [-0.1, -0.05) is 0 Å². The molecule has 2 unspecified atom stereocenters. The van der Waals surface area contributed by atoms with Gasteiger partial charge >= 0.3 is 0 Å². The van der Waals surface area contributed by atoms with Gasteiger partial charge in [-0.3, -0.25) is 0 Å². The van der Waals surface area contributed by atoms with E-state index < -0.39 is 9.84 Å². The molecular formula is C12H19N3O3S2. The molecule has 6 nitrogen and oxygen atoms in total. The van der Waals surface area contributed by atoms with E-state index in [0.29, 0.717) is 17.5 Å². The Morgan fingerprint density at radius 3 is 2.80 bits per heavy atom. The first kappa shape index (κ1) is 14.1. The van der Waals surface area contributed by atoms with E-state index in [9.17, 15) is 8.42 Å². The van der Waals surface area contributed by atoms with Gasteiger partial charge in [-0.15, -0.1) is 0 Å². The minimum atomic E-state index is -3.32. The molecule has 2 heterocycles. The number of nitrogen functional groups attached to an aromatic ring is 1. The summed E-state index contributed by atoms with van der Waals surface area (Å²) in [6.07, 6.45) is 2.44. The van der Waals surface area contributed by atoms with Gasteiger partial charge in [0, 0.05) is 18.6 Å². The van der Waals surface area contributed by atoms with E-state index >= 15 is 0 Å². The molecule has 1 saturated heterocycles. The zero-order chi connectivity index (χ0) is 14.3. The van der Waals surface area contributed by atoms with Crippen LogP contribution in [-0.4, -0.2) is 37.3 Å². The summed E-state index contributed by atoms with van der Waals surface area (Å²) in [4.78, 5) is 0.204. The van der Waals surface area contributed by atoms with Gasteiger partial charge in [0.05, 0.1) is 11.9 Å². The molecule has 2 fully saturated rings. The first-order valence-electron chi connectivity index (χ1n) is 6.83. The molecule has 1 saturated carbocycles. The second-order valence-corrected chi connectivity index (χ2v) is 8.47. The highest BCUT2D eigenvalue weighted by molar-refractivity contribution is 7.92. The Morgan fingerprint density at radius 2 is 2.20 bits per heavy atom. The highest BCUT2D eigenvalue weighted by Gasteiger charge is 2.41. The molecule has 8 heteroatoms. The largest absolute Gasteiger partial charge is 0.382 e. The molecule has 0 radical (unpaired) electrons. The Morgan fingerprint density at radius 1 is 1.45 bits per heavy atom. The molecule has 2 aliphatic rings. The summed E-state index contributed by atoms with van der Waals surface area (Å²) >= 11 is 1.13. The van der Waals surface area contributed by atoms with Crippen LogP contribution in [0, 0.1) is 5.92 Å². The molecule has 0 bridgehead atoms. The van der Waals surface area contributed by atoms with E-state index in [2.05, 4.69) is 9.69 Å². The maximum Gasteiger partial charge on any atom is 0.187 e. The predicted molar refractivity (Wildman–Crippen MR) is 78.7 cm³/mol. The fourth-order valence-electron chi connectivity index (χ4n) is 2.48. The van der Waals surface area contributed by atoms with Crippen LogP contribution in [0.5, 0.6) is 0 Å². The zero-order valence-electron chi connectivity index (χ0n) is 11.3. The first-order valence-corrected chi connectivity index (χ1v) is 9.15. The second kappa shape index (κ2) is 5.16. The van der Waals surface area contributed by atoms with Crippen molar-refractivity contribution in [2.24, 2.45) is 5.92 Å². The van der Waals surface area contributed by atoms with Crippen molar-refractivity contribution in [3.05, 3.63) is 0 Å². The summed E-state index contributed by atoms with van der Waals surface area (Å²) in [7, 11) is -3.32. The van der Waals surface area contributed by atoms with E-state index in [1.165, 1.54) is 0 Å². The Hall–Kier alpha value is -0.860. The number of nitrogens with one attached hydrogen (secondary N) is 1. The van der Waals surface area contributed by atoms with Gasteiger partial charge in [0.25, 0.3) is 0 Å². The summed E-state index contributed by atoms with van der Waals surface area (Å²) < 4.78 is 34.2. The average Bonchev–Trinajstić information content (AvgIpc) is 2.99. The number of nitrogens with zero attached hydrogens (tertiary/aromatic N) is 1. The van der Waals surface area contributed by atoms with Crippen molar-refractivity contribution in [1.82, 2.24) is 4.37 Å². The van der Waals surface area contributed by atoms with Crippen molar-refractivity contribution >= 4 is 32.2 Å². The number of nitrogens with two attached hydrogens (primary N) is 1. The smallest absolute Gasteiger partial charge is 0.187 e. The van der Waals surface area contributed by atoms with Crippen LogP contribution in [0.3, 0.4) is 0 Å². The minimum absolute atomic E-state index is 0.124. The molecule has 2 atom stereocenters. The lowest BCUT2D eigenvalue weighted by atomic mass is 10.0. The fraction of sp³-hybridized carbons (Fsp3) is 0.750. The number of rotatable bonds is 5. The normalized spacial score (nSPS) is 24.8. The van der Waals surface area contributed by atoms with Gasteiger partial charge in [0.15, 0.2) is 15.7 Å². The Balaban J connectivity index is 1.83. The molecule has 112 valence electrons. The molecule has 1 aromatic rings. The molecule has 0 spiro atoms. The molecular weight excluding hydrogens is 298 g/mol. The lowest BCUT2D eigenvalue weighted by Crippen LogP contribution is -2.26. The van der Waals surface area contributed by atoms with E-state index in [4.69, 9.17) is 10.5 Å². The average molecular weight is 317 g/mol. The second-order valence-electron chi connectivity index (χ2n) is 5.53. The molecule has 3 N–H and O–H groups in total. The van der Waals surface area contributed by atoms with Crippen LogP contribution in [0.25, 0.3) is 0 Å². The standard InChI is InChI=1S/C12H19N3O3S2/c1-7(8-4-5-18-6-8)14-12-10(11(13)15-19-12)20(16,17)9-2-3-9/h7-9,14H,2-6H2,1H3,(H2,13,15). The minimum Gasteiger partial charge on any atom is -0.382 e. The summed E-state index contributed by atoms with van der Waals surface area (Å²) in [5.74, 6) is 0.522. The van der Waals surface area contributed by atoms with Gasteiger partial charge in [-0.25, -0.2) is 8.42 Å². The Labute approximate surface area is 122 Å². The Kier molecular flexibility index (Phi) is 3.64. The van der Waals surface area contributed by atoms with Gasteiger partial charge in [0.2, 0.25) is 0 Å². The van der Waals surface area contributed by atoms with Crippen LogP contribution in [-0.2, 0) is 14.6 Å². The predicted octanol–water partition coefficient (Wildman–Crippen LogP) is 1.50. The molecule has 0 amide bonds. The van der Waals surface area contributed by atoms with E-state index in [1.807, 2.05) is 6.92 Å². The van der Waals surface area contributed by atoms with Crippen LogP contribution in [0.2, 0.25) is 0 Å². The van der Waals surface area contributed by atoms with Crippen LogP contribution in [0.15, 0.2) is 4.90 Å². The molecule has 1 aromatic heterocycles. The third-order valence-electron chi connectivity index (χ3n) is 3.95. The lowest BCUT2D eigenvalue weighted by Gasteiger charge is -2.20. The van der Waals surface area contributed by atoms with E-state index in [1.54, 1.807) is 0 Å². The molecule has 3 rings (SSSR count). The molecule has 1 aliphatic heterocycles. The van der Waals surface area contributed by atoms with Crippen molar-refractivity contribution in [3.8, 4) is 0 Å². The topological polar surface area (TPSA) is 94.3 Å². The SMILES string of the molecule is CC(Nc1snc(N)c1S(=O)(=O)C1CC1)C1CCOC1. The maximum atomic E-state index is 12.4. The number of aromatic nitrogens is 1. The summed E-state index contributed by atoms with van der Waals surface area (Å²) in [5, 5.41) is 3.59. The van der Waals surface area contributed by atoms with Gasteiger partial charge in [0.1, 0.15) is 9.90 Å². The van der Waals surface area contributed by atoms with Gasteiger partial charge < -0.3 is 15.8 Å². The van der Waals surface area contributed by atoms with E-state index in [-0.39, 0.29) is 22.0 Å². The van der Waals surface area contributed by atoms with Crippen LogP contribution in [0.4, 0.5) is 10.8 Å². The van der Waals surface area contributed by atoms with Crippen molar-refractivity contribution in [2.45, 2.75) is 42.4 Å². The third-order valence-corrected chi connectivity index (χ3v) is 7.21. The van der Waals surface area contributed by atoms with Crippen LogP contribution < -0.4 is 11.1 Å². The van der Waals surface area contributed by atoms with Crippen molar-refractivity contribution in [3.63, 3.8) is 0 Å². The summed E-state index contributed by atoms with van der Waals surface area (Å²) in [6, 6.07) is 0.144. The highest BCUT2D eigenvalue weighted by atomic mass is 32.2. The van der Waals surface area contributed by atoms with Crippen molar-refractivity contribution in [2.75, 3.05) is 24.3 Å².